The second kappa shape index (κ2) is 5.53. The van der Waals surface area contributed by atoms with Crippen LogP contribution in [0.3, 0.4) is 0 Å². The number of rotatable bonds is 2. The quantitative estimate of drug-likeness (QED) is 0.903. The Balaban J connectivity index is 2.21. The van der Waals surface area contributed by atoms with E-state index in [4.69, 9.17) is 0 Å². The van der Waals surface area contributed by atoms with Crippen LogP contribution in [0.25, 0.3) is 0 Å². The maximum Gasteiger partial charge on any atom is 0.337 e. The number of aromatic carboxylic acids is 1. The summed E-state index contributed by atoms with van der Waals surface area (Å²) in [4.78, 5) is 26.9. The number of hydrogen-bond acceptors (Lipinski definition) is 2. The molecule has 1 N–H and O–H groups in total. The average molecular weight is 276 g/mol. The monoisotopic (exact) mass is 276 g/mol. The summed E-state index contributed by atoms with van der Waals surface area (Å²) in [6, 6.07) is 6.42. The molecule has 2 atom stereocenters. The van der Waals surface area contributed by atoms with Crippen LogP contribution >= 0.6 is 0 Å². The van der Waals surface area contributed by atoms with Crippen LogP contribution < -0.4 is 4.90 Å². The zero-order valence-electron chi connectivity index (χ0n) is 12.0. The smallest absolute Gasteiger partial charge is 0.337 e. The van der Waals surface area contributed by atoms with Crippen LogP contribution in [0.2, 0.25) is 0 Å². The van der Waals surface area contributed by atoms with E-state index in [1.807, 2.05) is 0 Å². The molecule has 1 heterocycles. The van der Waals surface area contributed by atoms with Crippen LogP contribution in [0.15, 0.2) is 24.3 Å². The molecule has 2 rings (SSSR count). The van der Waals surface area contributed by atoms with E-state index in [0.29, 0.717) is 17.5 Å². The lowest BCUT2D eigenvalue weighted by atomic mass is 10.0. The third kappa shape index (κ3) is 2.61. The fourth-order valence-corrected chi connectivity index (χ4v) is 2.55. The predicted octanol–water partition coefficient (Wildman–Crippen LogP) is 2.53. The van der Waals surface area contributed by atoms with Crippen LogP contribution in [0, 0.1) is 11.8 Å². The first-order valence-corrected chi connectivity index (χ1v) is 6.76. The normalized spacial score (nSPS) is 21.9. The molecule has 0 aromatic heterocycles. The number of benzene rings is 1. The number of carboxylic acid groups (broad SMARTS) is 1. The minimum absolute atomic E-state index is 0.142. The van der Waals surface area contributed by atoms with Crippen LogP contribution in [0.5, 0.6) is 0 Å². The van der Waals surface area contributed by atoms with Crippen molar-refractivity contribution in [1.82, 2.24) is 4.90 Å². The molecule has 5 nitrogen and oxygen atoms in total. The minimum Gasteiger partial charge on any atom is -0.478 e. The van der Waals surface area contributed by atoms with E-state index in [-0.39, 0.29) is 11.6 Å². The molecule has 0 bridgehead atoms. The molecule has 1 aromatic carbocycles. The van der Waals surface area contributed by atoms with Crippen LogP contribution in [-0.2, 0) is 0 Å². The first kappa shape index (κ1) is 14.4. The molecule has 108 valence electrons. The molecular formula is C15H20N2O3. The topological polar surface area (TPSA) is 60.9 Å². The van der Waals surface area contributed by atoms with Crippen molar-refractivity contribution < 1.29 is 14.7 Å². The zero-order valence-corrected chi connectivity index (χ0v) is 12.0. The first-order valence-electron chi connectivity index (χ1n) is 6.76. The number of carboxylic acids is 1. The van der Waals surface area contributed by atoms with Gasteiger partial charge in [-0.2, -0.15) is 0 Å². The second-order valence-corrected chi connectivity index (χ2v) is 5.52. The molecule has 0 radical (unpaired) electrons. The number of urea groups is 1. The van der Waals surface area contributed by atoms with Gasteiger partial charge in [-0.25, -0.2) is 9.59 Å². The van der Waals surface area contributed by atoms with E-state index >= 15 is 0 Å². The Hall–Kier alpha value is -2.04. The van der Waals surface area contributed by atoms with E-state index in [9.17, 15) is 14.7 Å². The number of carbonyl (C=O) groups is 2. The SMILES string of the molecule is CC1CN(C(=O)N(C)c2ccccc2C(=O)O)CC1C. The standard InChI is InChI=1S/C15H20N2O3/c1-10-8-17(9-11(10)2)15(20)16(3)13-7-5-4-6-12(13)14(18)19/h4-7,10-11H,8-9H2,1-3H3,(H,18,19). The van der Waals surface area contributed by atoms with E-state index in [1.54, 1.807) is 30.1 Å². The van der Waals surface area contributed by atoms with Gasteiger partial charge in [-0.3, -0.25) is 4.90 Å². The summed E-state index contributed by atoms with van der Waals surface area (Å²) in [5.74, 6) is -0.0763. The number of para-hydroxylation sites is 1. The van der Waals surface area contributed by atoms with Gasteiger partial charge in [0.1, 0.15) is 0 Å². The summed E-state index contributed by atoms with van der Waals surface area (Å²) < 4.78 is 0. The van der Waals surface area contributed by atoms with E-state index in [1.165, 1.54) is 11.0 Å². The molecule has 0 saturated carbocycles. The Bertz CT molecular complexity index is 520. The fraction of sp³-hybridized carbons (Fsp3) is 0.467. The van der Waals surface area contributed by atoms with Crippen molar-refractivity contribution in [3.8, 4) is 0 Å². The van der Waals surface area contributed by atoms with Gasteiger partial charge in [0.15, 0.2) is 0 Å². The molecule has 20 heavy (non-hydrogen) atoms. The molecule has 5 heteroatoms. The van der Waals surface area contributed by atoms with Gasteiger partial charge in [-0.15, -0.1) is 0 Å². The van der Waals surface area contributed by atoms with Gasteiger partial charge < -0.3 is 10.0 Å². The molecule has 0 aliphatic carbocycles. The number of hydrogen-bond donors (Lipinski definition) is 1. The van der Waals surface area contributed by atoms with Gasteiger partial charge in [-0.1, -0.05) is 26.0 Å². The van der Waals surface area contributed by atoms with Gasteiger partial charge in [0.25, 0.3) is 0 Å². The highest BCUT2D eigenvalue weighted by Gasteiger charge is 2.32. The van der Waals surface area contributed by atoms with E-state index in [0.717, 1.165) is 13.1 Å². The number of amides is 2. The number of carbonyl (C=O) groups excluding carboxylic acids is 1. The van der Waals surface area contributed by atoms with Crippen LogP contribution in [0.4, 0.5) is 10.5 Å². The van der Waals surface area contributed by atoms with Gasteiger partial charge in [0.2, 0.25) is 0 Å². The lowest BCUT2D eigenvalue weighted by molar-refractivity contribution is 0.0697. The van der Waals surface area contributed by atoms with E-state index in [2.05, 4.69) is 13.8 Å². The lowest BCUT2D eigenvalue weighted by Gasteiger charge is -2.25. The largest absolute Gasteiger partial charge is 0.478 e. The summed E-state index contributed by atoms with van der Waals surface area (Å²) in [6.45, 7) is 5.70. The van der Waals surface area contributed by atoms with Crippen molar-refractivity contribution >= 4 is 17.7 Å². The molecule has 0 spiro atoms. The number of likely N-dealkylation sites (tertiary alicyclic amines) is 1. The molecule has 1 aromatic rings. The first-order chi connectivity index (χ1) is 9.41. The lowest BCUT2D eigenvalue weighted by Crippen LogP contribution is -2.40. The van der Waals surface area contributed by atoms with Crippen molar-refractivity contribution in [2.75, 3.05) is 25.0 Å². The zero-order chi connectivity index (χ0) is 14.9. The minimum atomic E-state index is -1.02. The fourth-order valence-electron chi connectivity index (χ4n) is 2.55. The Labute approximate surface area is 118 Å². The van der Waals surface area contributed by atoms with Gasteiger partial charge in [0.05, 0.1) is 11.3 Å². The van der Waals surface area contributed by atoms with Gasteiger partial charge >= 0.3 is 12.0 Å². The predicted molar refractivity (Wildman–Crippen MR) is 77.1 cm³/mol. The summed E-state index contributed by atoms with van der Waals surface area (Å²) in [5, 5.41) is 9.19. The van der Waals surface area contributed by atoms with Crippen molar-refractivity contribution in [2.24, 2.45) is 11.8 Å². The maximum atomic E-state index is 12.5. The third-order valence-corrected chi connectivity index (χ3v) is 4.04. The molecule has 1 saturated heterocycles. The number of nitrogens with zero attached hydrogens (tertiary/aromatic N) is 2. The van der Waals surface area contributed by atoms with Crippen molar-refractivity contribution in [2.45, 2.75) is 13.8 Å². The molecule has 1 aliphatic rings. The van der Waals surface area contributed by atoms with Crippen molar-refractivity contribution in [1.29, 1.82) is 0 Å². The summed E-state index contributed by atoms with van der Waals surface area (Å²) in [6.07, 6.45) is 0. The molecule has 2 unspecified atom stereocenters. The molecule has 2 amide bonds. The number of anilines is 1. The van der Waals surface area contributed by atoms with Crippen LogP contribution in [0.1, 0.15) is 24.2 Å². The second-order valence-electron chi connectivity index (χ2n) is 5.52. The highest BCUT2D eigenvalue weighted by Crippen LogP contribution is 2.26. The van der Waals surface area contributed by atoms with Crippen LogP contribution in [-0.4, -0.2) is 42.1 Å². The Morgan fingerprint density at radius 1 is 1.20 bits per heavy atom. The third-order valence-electron chi connectivity index (χ3n) is 4.04. The summed E-state index contributed by atoms with van der Waals surface area (Å²) in [5.41, 5.74) is 0.570. The van der Waals surface area contributed by atoms with Crippen molar-refractivity contribution in [3.63, 3.8) is 0 Å². The van der Waals surface area contributed by atoms with Gasteiger partial charge in [-0.05, 0) is 24.0 Å². The molecule has 1 fully saturated rings. The highest BCUT2D eigenvalue weighted by atomic mass is 16.4. The average Bonchev–Trinajstić information content (AvgIpc) is 2.77. The molecule has 1 aliphatic heterocycles. The summed E-state index contributed by atoms with van der Waals surface area (Å²) in [7, 11) is 1.62. The van der Waals surface area contributed by atoms with Crippen molar-refractivity contribution in [3.05, 3.63) is 29.8 Å². The Morgan fingerprint density at radius 2 is 1.75 bits per heavy atom. The summed E-state index contributed by atoms with van der Waals surface area (Å²) >= 11 is 0. The maximum absolute atomic E-state index is 12.5. The Kier molecular flexibility index (Phi) is 3.97. The Morgan fingerprint density at radius 3 is 2.30 bits per heavy atom. The van der Waals surface area contributed by atoms with E-state index < -0.39 is 5.97 Å². The van der Waals surface area contributed by atoms with Gasteiger partial charge in [0, 0.05) is 20.1 Å². The highest BCUT2D eigenvalue weighted by molar-refractivity contribution is 6.01. The molecular weight excluding hydrogens is 256 g/mol.